The molecule has 0 unspecified atom stereocenters. The van der Waals surface area contributed by atoms with Crippen molar-refractivity contribution >= 4 is 43.3 Å². The second-order valence-corrected chi connectivity index (χ2v) is 6.84. The molecule has 2 N–H and O–H groups in total. The van der Waals surface area contributed by atoms with E-state index in [0.29, 0.717) is 22.7 Å². The molecule has 108 valence electrons. The van der Waals surface area contributed by atoms with Crippen LogP contribution in [0.5, 0.6) is 0 Å². The van der Waals surface area contributed by atoms with E-state index in [-0.39, 0.29) is 5.56 Å². The van der Waals surface area contributed by atoms with Crippen molar-refractivity contribution in [2.24, 2.45) is 0 Å². The minimum absolute atomic E-state index is 0.113. The number of halogens is 1. The first-order valence-electron chi connectivity index (χ1n) is 6.34. The van der Waals surface area contributed by atoms with Crippen molar-refractivity contribution in [3.05, 3.63) is 49.4 Å². The molecule has 0 amide bonds. The van der Waals surface area contributed by atoms with Gasteiger partial charge in [0.1, 0.15) is 10.6 Å². The summed E-state index contributed by atoms with van der Waals surface area (Å²) in [5.41, 5.74) is 7.06. The molecule has 7 heteroatoms. The van der Waals surface area contributed by atoms with Crippen LogP contribution in [-0.2, 0) is 6.54 Å². The molecule has 0 aliphatic rings. The lowest BCUT2D eigenvalue weighted by atomic mass is 10.2. The maximum absolute atomic E-state index is 12.0. The number of hydrogen-bond donors (Lipinski definition) is 1. The molecule has 0 aromatic carbocycles. The van der Waals surface area contributed by atoms with Gasteiger partial charge in [0.05, 0.1) is 16.4 Å². The third kappa shape index (κ3) is 2.47. The fourth-order valence-corrected chi connectivity index (χ4v) is 3.62. The van der Waals surface area contributed by atoms with Gasteiger partial charge in [-0.05, 0) is 47.5 Å². The van der Waals surface area contributed by atoms with Crippen molar-refractivity contribution in [3.8, 4) is 0 Å². The summed E-state index contributed by atoms with van der Waals surface area (Å²) in [6.45, 7) is 4.36. The van der Waals surface area contributed by atoms with E-state index in [1.807, 2.05) is 13.8 Å². The van der Waals surface area contributed by atoms with Gasteiger partial charge in [-0.15, -0.1) is 11.3 Å². The van der Waals surface area contributed by atoms with Crippen LogP contribution < -0.4 is 11.3 Å². The highest BCUT2D eigenvalue weighted by molar-refractivity contribution is 9.10. The van der Waals surface area contributed by atoms with Gasteiger partial charge >= 0.3 is 0 Å². The predicted octanol–water partition coefficient (Wildman–Crippen LogP) is 2.86. The van der Waals surface area contributed by atoms with Crippen LogP contribution in [-0.4, -0.2) is 14.5 Å². The van der Waals surface area contributed by atoms with Crippen molar-refractivity contribution in [3.63, 3.8) is 0 Å². The number of anilines is 1. The minimum Gasteiger partial charge on any atom is -0.383 e. The topological polar surface area (TPSA) is 73.8 Å². The second-order valence-electron chi connectivity index (χ2n) is 4.78. The van der Waals surface area contributed by atoms with Crippen LogP contribution >= 0.6 is 27.3 Å². The van der Waals surface area contributed by atoms with Gasteiger partial charge in [0.25, 0.3) is 5.56 Å². The number of nitrogens with zero attached hydrogens (tertiary/aromatic N) is 3. The van der Waals surface area contributed by atoms with Crippen LogP contribution in [0.3, 0.4) is 0 Å². The summed E-state index contributed by atoms with van der Waals surface area (Å²) in [6, 6.07) is 3.51. The Morgan fingerprint density at radius 3 is 2.90 bits per heavy atom. The summed E-state index contributed by atoms with van der Waals surface area (Å²) in [7, 11) is 0. The predicted molar refractivity (Wildman–Crippen MR) is 88.8 cm³/mol. The summed E-state index contributed by atoms with van der Waals surface area (Å²) in [5, 5.41) is 0.919. The fourth-order valence-electron chi connectivity index (χ4n) is 2.18. The van der Waals surface area contributed by atoms with Gasteiger partial charge in [-0.25, -0.2) is 9.97 Å². The maximum Gasteiger partial charge on any atom is 0.265 e. The van der Waals surface area contributed by atoms with E-state index in [2.05, 4.69) is 25.9 Å². The highest BCUT2D eigenvalue weighted by Gasteiger charge is 2.13. The summed E-state index contributed by atoms with van der Waals surface area (Å²) < 4.78 is 2.07. The lowest BCUT2D eigenvalue weighted by Gasteiger charge is -2.06. The molecule has 5 nitrogen and oxygen atoms in total. The van der Waals surface area contributed by atoms with E-state index in [0.717, 1.165) is 15.8 Å². The molecule has 3 rings (SSSR count). The Morgan fingerprint density at radius 1 is 1.38 bits per heavy atom. The number of thiophene rings is 1. The first kappa shape index (κ1) is 14.2. The van der Waals surface area contributed by atoms with Gasteiger partial charge < -0.3 is 10.3 Å². The highest BCUT2D eigenvalue weighted by Crippen LogP contribution is 2.31. The molecule has 3 heterocycles. The molecule has 21 heavy (non-hydrogen) atoms. The van der Waals surface area contributed by atoms with E-state index in [1.165, 1.54) is 4.88 Å². The van der Waals surface area contributed by atoms with Crippen molar-refractivity contribution in [2.75, 3.05) is 5.73 Å². The zero-order valence-corrected chi connectivity index (χ0v) is 14.0. The lowest BCUT2D eigenvalue weighted by molar-refractivity contribution is 0.717. The van der Waals surface area contributed by atoms with Crippen molar-refractivity contribution in [2.45, 2.75) is 20.4 Å². The molecule has 0 radical (unpaired) electrons. The number of aromatic nitrogens is 3. The first-order chi connectivity index (χ1) is 9.97. The number of fused-ring (bicyclic) bond motifs is 1. The fraction of sp³-hybridized carbons (Fsp3) is 0.214. The van der Waals surface area contributed by atoms with Gasteiger partial charge in [0.15, 0.2) is 5.82 Å². The molecule has 3 aromatic rings. The Morgan fingerprint density at radius 2 is 2.14 bits per heavy atom. The zero-order chi connectivity index (χ0) is 15.1. The third-order valence-corrected chi connectivity index (χ3v) is 5.09. The standard InChI is InChI=1S/C14H13BrN4OS/c1-7-8(2)21-13-11(7)12(16)17-10(18-13)6-19-5-3-4-9(15)14(19)20/h3-5H,6H2,1-2H3,(H2,16,17,18). The zero-order valence-electron chi connectivity index (χ0n) is 11.6. The summed E-state index contributed by atoms with van der Waals surface area (Å²) in [6.07, 6.45) is 1.71. The van der Waals surface area contributed by atoms with Crippen LogP contribution in [0.15, 0.2) is 27.6 Å². The lowest BCUT2D eigenvalue weighted by Crippen LogP contribution is -2.21. The van der Waals surface area contributed by atoms with Gasteiger partial charge in [0, 0.05) is 11.1 Å². The average Bonchev–Trinajstić information content (AvgIpc) is 2.71. The molecular weight excluding hydrogens is 352 g/mol. The SMILES string of the molecule is Cc1sc2nc(Cn3cccc(Br)c3=O)nc(N)c2c1C. The normalized spacial score (nSPS) is 11.2. The Labute approximate surface area is 133 Å². The number of hydrogen-bond acceptors (Lipinski definition) is 5. The molecule has 0 atom stereocenters. The molecule has 0 fully saturated rings. The van der Waals surface area contributed by atoms with Crippen molar-refractivity contribution in [1.82, 2.24) is 14.5 Å². The van der Waals surface area contributed by atoms with Crippen LogP contribution in [0.1, 0.15) is 16.3 Å². The Bertz CT molecular complexity index is 900. The Balaban J connectivity index is 2.10. The summed E-state index contributed by atoms with van der Waals surface area (Å²) >= 11 is 4.83. The Kier molecular flexibility index (Phi) is 3.54. The highest BCUT2D eigenvalue weighted by atomic mass is 79.9. The minimum atomic E-state index is -0.113. The monoisotopic (exact) mass is 364 g/mol. The van der Waals surface area contributed by atoms with E-state index < -0.39 is 0 Å². The molecule has 0 saturated carbocycles. The average molecular weight is 365 g/mol. The van der Waals surface area contributed by atoms with E-state index in [4.69, 9.17) is 5.73 Å². The molecule has 0 aliphatic heterocycles. The van der Waals surface area contributed by atoms with Crippen LogP contribution in [0.4, 0.5) is 5.82 Å². The van der Waals surface area contributed by atoms with E-state index in [1.54, 1.807) is 34.2 Å². The first-order valence-corrected chi connectivity index (χ1v) is 7.95. The van der Waals surface area contributed by atoms with Crippen LogP contribution in [0.25, 0.3) is 10.2 Å². The molecule has 0 spiro atoms. The van der Waals surface area contributed by atoms with Gasteiger partial charge in [-0.2, -0.15) is 0 Å². The smallest absolute Gasteiger partial charge is 0.265 e. The van der Waals surface area contributed by atoms with Crippen LogP contribution in [0.2, 0.25) is 0 Å². The quantitative estimate of drug-likeness (QED) is 0.758. The largest absolute Gasteiger partial charge is 0.383 e. The molecule has 3 aromatic heterocycles. The molecule has 0 aliphatic carbocycles. The third-order valence-electron chi connectivity index (χ3n) is 3.39. The number of nitrogens with two attached hydrogens (primary N) is 1. The Hall–Kier alpha value is -1.73. The van der Waals surface area contributed by atoms with E-state index in [9.17, 15) is 4.79 Å². The number of rotatable bonds is 2. The molecular formula is C14H13BrN4OS. The van der Waals surface area contributed by atoms with Gasteiger partial charge in [0.2, 0.25) is 0 Å². The number of aryl methyl sites for hydroxylation is 2. The van der Waals surface area contributed by atoms with Crippen molar-refractivity contribution < 1.29 is 0 Å². The van der Waals surface area contributed by atoms with Gasteiger partial charge in [-0.1, -0.05) is 0 Å². The summed E-state index contributed by atoms with van der Waals surface area (Å²) in [4.78, 5) is 22.9. The molecule has 0 bridgehead atoms. The summed E-state index contributed by atoms with van der Waals surface area (Å²) in [5.74, 6) is 1.02. The molecule has 0 saturated heterocycles. The van der Waals surface area contributed by atoms with E-state index >= 15 is 0 Å². The number of nitrogen functional groups attached to an aromatic ring is 1. The number of pyridine rings is 1. The maximum atomic E-state index is 12.0. The van der Waals surface area contributed by atoms with Crippen molar-refractivity contribution in [1.29, 1.82) is 0 Å². The van der Waals surface area contributed by atoms with Crippen LogP contribution in [0, 0.1) is 13.8 Å². The van der Waals surface area contributed by atoms with Gasteiger partial charge in [-0.3, -0.25) is 4.79 Å². The second kappa shape index (κ2) is 5.23.